The van der Waals surface area contributed by atoms with Gasteiger partial charge in [-0.3, -0.25) is 9.69 Å². The van der Waals surface area contributed by atoms with E-state index in [9.17, 15) is 9.59 Å². The molecule has 1 aromatic carbocycles. The SMILES string of the molecule is C[NH+](CC(=O)N1CCNC1=O)C[C@@H]1COc2ccccc2O1. The molecule has 3 amide bonds. The van der Waals surface area contributed by atoms with Crippen molar-refractivity contribution >= 4 is 11.9 Å². The molecular formula is C15H20N3O4+. The second-order valence-electron chi connectivity index (χ2n) is 5.61. The summed E-state index contributed by atoms with van der Waals surface area (Å²) in [5.74, 6) is 1.32. The number of carbonyl (C=O) groups excluding carboxylic acids is 2. The predicted molar refractivity (Wildman–Crippen MR) is 78.1 cm³/mol. The number of rotatable bonds is 4. The zero-order valence-corrected chi connectivity index (χ0v) is 12.5. The number of carbonyl (C=O) groups is 2. The number of amides is 3. The first-order chi connectivity index (χ1) is 10.6. The fourth-order valence-electron chi connectivity index (χ4n) is 2.69. The Morgan fingerprint density at radius 1 is 1.41 bits per heavy atom. The number of hydrogen-bond donors (Lipinski definition) is 2. The van der Waals surface area contributed by atoms with Gasteiger partial charge < -0.3 is 19.7 Å². The second-order valence-corrected chi connectivity index (χ2v) is 5.61. The molecule has 2 N–H and O–H groups in total. The molecule has 22 heavy (non-hydrogen) atoms. The van der Waals surface area contributed by atoms with Crippen LogP contribution in [0, 0.1) is 0 Å². The van der Waals surface area contributed by atoms with Crippen molar-refractivity contribution in [3.05, 3.63) is 24.3 Å². The summed E-state index contributed by atoms with van der Waals surface area (Å²) in [6.07, 6.45) is -0.102. The fraction of sp³-hybridized carbons (Fsp3) is 0.467. The molecule has 0 bridgehead atoms. The normalized spacial score (nSPS) is 21.4. The molecule has 1 unspecified atom stereocenters. The van der Waals surface area contributed by atoms with Gasteiger partial charge in [-0.25, -0.2) is 4.79 Å². The van der Waals surface area contributed by atoms with Gasteiger partial charge in [-0.15, -0.1) is 0 Å². The van der Waals surface area contributed by atoms with Crippen molar-refractivity contribution in [1.82, 2.24) is 10.2 Å². The highest BCUT2D eigenvalue weighted by Crippen LogP contribution is 2.30. The molecule has 2 aliphatic heterocycles. The molecule has 1 aromatic rings. The monoisotopic (exact) mass is 306 g/mol. The Bertz CT molecular complexity index is 578. The Hall–Kier alpha value is -2.28. The molecule has 7 nitrogen and oxygen atoms in total. The zero-order valence-electron chi connectivity index (χ0n) is 12.5. The highest BCUT2D eigenvalue weighted by molar-refractivity contribution is 5.96. The van der Waals surface area contributed by atoms with Crippen LogP contribution in [0.15, 0.2) is 24.3 Å². The van der Waals surface area contributed by atoms with E-state index in [4.69, 9.17) is 9.47 Å². The molecule has 2 aliphatic rings. The smallest absolute Gasteiger partial charge is 0.324 e. The number of ether oxygens (including phenoxy) is 2. The van der Waals surface area contributed by atoms with Crippen LogP contribution in [-0.4, -0.2) is 62.8 Å². The molecule has 2 heterocycles. The van der Waals surface area contributed by atoms with Crippen molar-refractivity contribution in [1.29, 1.82) is 0 Å². The Balaban J connectivity index is 1.51. The Labute approximate surface area is 128 Å². The van der Waals surface area contributed by atoms with Crippen LogP contribution in [0.4, 0.5) is 4.79 Å². The third-order valence-electron chi connectivity index (χ3n) is 3.75. The van der Waals surface area contributed by atoms with Gasteiger partial charge in [-0.2, -0.15) is 0 Å². The van der Waals surface area contributed by atoms with Crippen molar-refractivity contribution in [3.8, 4) is 11.5 Å². The molecule has 1 fully saturated rings. The highest BCUT2D eigenvalue weighted by Gasteiger charge is 2.30. The van der Waals surface area contributed by atoms with Gasteiger partial charge >= 0.3 is 6.03 Å². The maximum absolute atomic E-state index is 12.1. The number of quaternary nitrogens is 1. The summed E-state index contributed by atoms with van der Waals surface area (Å²) in [6.45, 7) is 2.33. The number of hydrogen-bond acceptors (Lipinski definition) is 4. The van der Waals surface area contributed by atoms with E-state index in [1.54, 1.807) is 0 Å². The van der Waals surface area contributed by atoms with E-state index in [0.29, 0.717) is 26.2 Å². The summed E-state index contributed by atoms with van der Waals surface area (Å²) in [5.41, 5.74) is 0. The van der Waals surface area contributed by atoms with Crippen LogP contribution in [-0.2, 0) is 4.79 Å². The number of urea groups is 1. The summed E-state index contributed by atoms with van der Waals surface area (Å²) in [4.78, 5) is 25.8. The molecule has 118 valence electrons. The van der Waals surface area contributed by atoms with Gasteiger partial charge in [0.2, 0.25) is 0 Å². The van der Waals surface area contributed by atoms with Gasteiger partial charge in [0, 0.05) is 13.1 Å². The van der Waals surface area contributed by atoms with E-state index in [2.05, 4.69) is 5.32 Å². The van der Waals surface area contributed by atoms with Gasteiger partial charge in [0.15, 0.2) is 24.1 Å². The molecule has 1 saturated heterocycles. The molecular weight excluding hydrogens is 286 g/mol. The molecule has 2 atom stereocenters. The van der Waals surface area contributed by atoms with Crippen molar-refractivity contribution in [2.75, 3.05) is 39.8 Å². The van der Waals surface area contributed by atoms with Crippen molar-refractivity contribution in [2.45, 2.75) is 6.10 Å². The lowest BCUT2D eigenvalue weighted by atomic mass is 10.2. The molecule has 0 spiro atoms. The first-order valence-corrected chi connectivity index (χ1v) is 7.41. The first-order valence-electron chi connectivity index (χ1n) is 7.41. The fourth-order valence-corrected chi connectivity index (χ4v) is 2.69. The van der Waals surface area contributed by atoms with E-state index in [0.717, 1.165) is 16.4 Å². The summed E-state index contributed by atoms with van der Waals surface area (Å²) in [7, 11) is 1.91. The minimum absolute atomic E-state index is 0.102. The lowest BCUT2D eigenvalue weighted by Crippen LogP contribution is -3.11. The van der Waals surface area contributed by atoms with Crippen LogP contribution in [0.1, 0.15) is 0 Å². The number of imide groups is 1. The van der Waals surface area contributed by atoms with Crippen LogP contribution in [0.5, 0.6) is 11.5 Å². The number of nitrogens with one attached hydrogen (secondary N) is 2. The Morgan fingerprint density at radius 3 is 2.91 bits per heavy atom. The van der Waals surface area contributed by atoms with E-state index in [1.807, 2.05) is 31.3 Å². The van der Waals surface area contributed by atoms with Crippen molar-refractivity contribution < 1.29 is 24.0 Å². The lowest BCUT2D eigenvalue weighted by Gasteiger charge is -2.28. The molecule has 0 radical (unpaired) electrons. The van der Waals surface area contributed by atoms with Crippen molar-refractivity contribution in [3.63, 3.8) is 0 Å². The van der Waals surface area contributed by atoms with Gasteiger partial charge in [0.25, 0.3) is 5.91 Å². The van der Waals surface area contributed by atoms with E-state index >= 15 is 0 Å². The average Bonchev–Trinajstić information content (AvgIpc) is 2.93. The summed E-state index contributed by atoms with van der Waals surface area (Å²) < 4.78 is 11.5. The Kier molecular flexibility index (Phi) is 4.15. The predicted octanol–water partition coefficient (Wildman–Crippen LogP) is -1.11. The van der Waals surface area contributed by atoms with Crippen LogP contribution in [0.3, 0.4) is 0 Å². The Morgan fingerprint density at radius 2 is 2.18 bits per heavy atom. The summed E-state index contributed by atoms with van der Waals surface area (Å²) in [5, 5.41) is 2.63. The summed E-state index contributed by atoms with van der Waals surface area (Å²) in [6, 6.07) is 7.24. The number of nitrogens with zero attached hydrogens (tertiary/aromatic N) is 1. The van der Waals surface area contributed by atoms with Crippen LogP contribution in [0.25, 0.3) is 0 Å². The zero-order chi connectivity index (χ0) is 15.5. The van der Waals surface area contributed by atoms with E-state index < -0.39 is 0 Å². The minimum atomic E-state index is -0.302. The number of likely N-dealkylation sites (N-methyl/N-ethyl adjacent to an activating group) is 1. The van der Waals surface area contributed by atoms with E-state index in [1.165, 1.54) is 4.90 Å². The third kappa shape index (κ3) is 3.14. The topological polar surface area (TPSA) is 72.3 Å². The quantitative estimate of drug-likeness (QED) is 0.740. The maximum atomic E-state index is 12.1. The van der Waals surface area contributed by atoms with Crippen LogP contribution in [0.2, 0.25) is 0 Å². The molecule has 3 rings (SSSR count). The largest absolute Gasteiger partial charge is 0.486 e. The van der Waals surface area contributed by atoms with Gasteiger partial charge in [-0.1, -0.05) is 12.1 Å². The van der Waals surface area contributed by atoms with Crippen LogP contribution < -0.4 is 19.7 Å². The van der Waals surface area contributed by atoms with Gasteiger partial charge in [0.1, 0.15) is 13.2 Å². The second kappa shape index (κ2) is 6.23. The standard InChI is InChI=1S/C15H19N3O4/c1-17(9-14(19)18-7-6-16-15(18)20)8-11-10-21-12-4-2-3-5-13(12)22-11/h2-5,11H,6-10H2,1H3,(H,16,20)/p+1/t11-/m1/s1. The van der Waals surface area contributed by atoms with Crippen LogP contribution >= 0.6 is 0 Å². The summed E-state index contributed by atoms with van der Waals surface area (Å²) >= 11 is 0. The number of fused-ring (bicyclic) bond motifs is 1. The molecule has 7 heteroatoms. The van der Waals surface area contributed by atoms with E-state index in [-0.39, 0.29) is 24.6 Å². The maximum Gasteiger partial charge on any atom is 0.324 e. The molecule has 0 aliphatic carbocycles. The number of benzene rings is 1. The third-order valence-corrected chi connectivity index (χ3v) is 3.75. The average molecular weight is 306 g/mol. The molecule has 0 saturated carbocycles. The minimum Gasteiger partial charge on any atom is -0.486 e. The first kappa shape index (κ1) is 14.6. The lowest BCUT2D eigenvalue weighted by molar-refractivity contribution is -0.874. The van der Waals surface area contributed by atoms with Crippen molar-refractivity contribution in [2.24, 2.45) is 0 Å². The highest BCUT2D eigenvalue weighted by atomic mass is 16.6. The van der Waals surface area contributed by atoms with Gasteiger partial charge in [0.05, 0.1) is 7.05 Å². The number of para-hydroxylation sites is 2. The van der Waals surface area contributed by atoms with Gasteiger partial charge in [-0.05, 0) is 12.1 Å². The molecule has 0 aromatic heterocycles.